The summed E-state index contributed by atoms with van der Waals surface area (Å²) < 4.78 is 40.0. The van der Waals surface area contributed by atoms with Crippen molar-refractivity contribution in [1.82, 2.24) is 14.9 Å². The Labute approximate surface area is 205 Å². The molecule has 0 aliphatic rings. The van der Waals surface area contributed by atoms with E-state index in [1.54, 1.807) is 18.5 Å². The number of carbonyl (C=O) groups excluding carboxylic acids is 1. The van der Waals surface area contributed by atoms with E-state index in [0.29, 0.717) is 28.2 Å². The molecule has 0 radical (unpaired) electrons. The molecule has 2 aromatic heterocycles. The van der Waals surface area contributed by atoms with Crippen molar-refractivity contribution in [2.75, 3.05) is 50.2 Å². The normalized spacial score (nSPS) is 11.2. The average Bonchev–Trinajstić information content (AvgIpc) is 3.27. The van der Waals surface area contributed by atoms with Gasteiger partial charge in [-0.2, -0.15) is 13.2 Å². The number of hydrogen-bond acceptors (Lipinski definition) is 7. The van der Waals surface area contributed by atoms with E-state index >= 15 is 0 Å². The van der Waals surface area contributed by atoms with Crippen LogP contribution in [0.1, 0.15) is 32.8 Å². The summed E-state index contributed by atoms with van der Waals surface area (Å²) in [5, 5.41) is 4.35. The number of benzene rings is 1. The van der Waals surface area contributed by atoms with Crippen LogP contribution in [-0.2, 0) is 6.18 Å². The first-order chi connectivity index (χ1) is 16.5. The summed E-state index contributed by atoms with van der Waals surface area (Å²) in [6, 6.07) is 4.95. The number of thiophene rings is 1. The number of aromatic nitrogens is 2. The van der Waals surface area contributed by atoms with E-state index in [2.05, 4.69) is 27.1 Å². The van der Waals surface area contributed by atoms with Crippen LogP contribution in [0.15, 0.2) is 42.0 Å². The zero-order chi connectivity index (χ0) is 25.6. The Hall–Kier alpha value is -3.62. The Morgan fingerprint density at radius 3 is 2.43 bits per heavy atom. The molecular weight excluding hydrogens is 477 g/mol. The van der Waals surface area contributed by atoms with Crippen LogP contribution < -0.4 is 16.0 Å². The minimum atomic E-state index is -4.53. The lowest BCUT2D eigenvalue weighted by Gasteiger charge is -2.24. The molecule has 0 saturated carbocycles. The lowest BCUT2D eigenvalue weighted by atomic mass is 10.1. The van der Waals surface area contributed by atoms with Crippen molar-refractivity contribution in [3.8, 4) is 11.8 Å². The second kappa shape index (κ2) is 11.2. The van der Waals surface area contributed by atoms with E-state index in [-0.39, 0.29) is 11.6 Å². The summed E-state index contributed by atoms with van der Waals surface area (Å²) in [4.78, 5) is 24.8. The van der Waals surface area contributed by atoms with Crippen molar-refractivity contribution in [1.29, 1.82) is 0 Å². The number of amides is 1. The molecule has 35 heavy (non-hydrogen) atoms. The number of anilines is 3. The van der Waals surface area contributed by atoms with Gasteiger partial charge in [0.15, 0.2) is 0 Å². The Morgan fingerprint density at radius 1 is 1.09 bits per heavy atom. The number of nitrogens with zero attached hydrogens (tertiary/aromatic N) is 4. The maximum atomic E-state index is 13.3. The zero-order valence-electron chi connectivity index (χ0n) is 19.5. The van der Waals surface area contributed by atoms with Crippen LogP contribution in [0.5, 0.6) is 0 Å². The number of rotatable bonds is 7. The summed E-state index contributed by atoms with van der Waals surface area (Å²) in [5.41, 5.74) is 6.36. The van der Waals surface area contributed by atoms with Crippen molar-refractivity contribution < 1.29 is 18.0 Å². The fourth-order valence-electron chi connectivity index (χ4n) is 3.14. The molecule has 0 aliphatic heterocycles. The summed E-state index contributed by atoms with van der Waals surface area (Å²) in [6.07, 6.45) is -0.748. The third kappa shape index (κ3) is 7.43. The second-order valence-corrected chi connectivity index (χ2v) is 8.95. The van der Waals surface area contributed by atoms with Gasteiger partial charge in [0.1, 0.15) is 0 Å². The Balaban J connectivity index is 1.80. The lowest BCUT2D eigenvalue weighted by molar-refractivity contribution is -0.137. The highest BCUT2D eigenvalue weighted by molar-refractivity contribution is 7.12. The van der Waals surface area contributed by atoms with Crippen molar-refractivity contribution in [3.63, 3.8) is 0 Å². The molecule has 0 atom stereocenters. The number of nitrogen functional groups attached to an aromatic ring is 1. The van der Waals surface area contributed by atoms with Gasteiger partial charge in [-0.05, 0) is 51.3 Å². The molecule has 1 amide bonds. The molecule has 3 rings (SSSR count). The largest absolute Gasteiger partial charge is 0.416 e. The molecular formula is C24H25F3N6OS. The average molecular weight is 503 g/mol. The van der Waals surface area contributed by atoms with Gasteiger partial charge in [-0.15, -0.1) is 11.3 Å². The SMILES string of the molecule is CN(C)CCCN(C)c1ccc(C(F)(F)F)cc1NC(=O)c1cc(C#Cc2cnc(N)nc2)cs1. The first-order valence-electron chi connectivity index (χ1n) is 10.6. The predicted molar refractivity (Wildman–Crippen MR) is 133 cm³/mol. The fourth-order valence-corrected chi connectivity index (χ4v) is 3.88. The number of carbonyl (C=O) groups is 1. The van der Waals surface area contributed by atoms with E-state index in [9.17, 15) is 18.0 Å². The van der Waals surface area contributed by atoms with Crippen molar-refractivity contribution in [3.05, 3.63) is 63.6 Å². The molecule has 11 heteroatoms. The van der Waals surface area contributed by atoms with E-state index in [1.165, 1.54) is 18.5 Å². The third-order valence-corrected chi connectivity index (χ3v) is 5.86. The van der Waals surface area contributed by atoms with Crippen molar-refractivity contribution in [2.24, 2.45) is 0 Å². The maximum Gasteiger partial charge on any atom is 0.416 e. The molecule has 184 valence electrons. The van der Waals surface area contributed by atoms with Gasteiger partial charge in [0.25, 0.3) is 5.91 Å². The molecule has 0 unspecified atom stereocenters. The number of halogens is 3. The van der Waals surface area contributed by atoms with Gasteiger partial charge >= 0.3 is 6.18 Å². The first-order valence-corrected chi connectivity index (χ1v) is 11.5. The minimum absolute atomic E-state index is 0.0947. The van der Waals surface area contributed by atoms with E-state index in [0.717, 1.165) is 36.4 Å². The van der Waals surface area contributed by atoms with Crippen LogP contribution in [-0.4, -0.2) is 55.0 Å². The van der Waals surface area contributed by atoms with Crippen LogP contribution in [0.25, 0.3) is 0 Å². The Bertz CT molecular complexity index is 1230. The molecule has 7 nitrogen and oxygen atoms in total. The fraction of sp³-hybridized carbons (Fsp3) is 0.292. The molecule has 0 saturated heterocycles. The highest BCUT2D eigenvalue weighted by Gasteiger charge is 2.31. The van der Waals surface area contributed by atoms with Gasteiger partial charge in [-0.3, -0.25) is 4.79 Å². The zero-order valence-corrected chi connectivity index (χ0v) is 20.3. The minimum Gasteiger partial charge on any atom is -0.373 e. The van der Waals surface area contributed by atoms with Crippen LogP contribution in [0.3, 0.4) is 0 Å². The molecule has 0 fully saturated rings. The number of hydrogen-bond donors (Lipinski definition) is 2. The molecule has 3 aromatic rings. The van der Waals surface area contributed by atoms with Crippen molar-refractivity contribution >= 4 is 34.6 Å². The quantitative estimate of drug-likeness (QED) is 0.472. The van der Waals surface area contributed by atoms with Gasteiger partial charge < -0.3 is 20.9 Å². The molecule has 2 heterocycles. The second-order valence-electron chi connectivity index (χ2n) is 8.04. The predicted octanol–water partition coefficient (Wildman–Crippen LogP) is 4.18. The smallest absolute Gasteiger partial charge is 0.373 e. The monoisotopic (exact) mass is 502 g/mol. The Morgan fingerprint density at radius 2 is 1.77 bits per heavy atom. The molecule has 0 bridgehead atoms. The van der Waals surface area contributed by atoms with Crippen LogP contribution in [0.4, 0.5) is 30.5 Å². The van der Waals surface area contributed by atoms with Crippen LogP contribution in [0, 0.1) is 11.8 Å². The number of nitrogens with one attached hydrogen (secondary N) is 1. The van der Waals surface area contributed by atoms with Crippen LogP contribution in [0.2, 0.25) is 0 Å². The lowest BCUT2D eigenvalue weighted by Crippen LogP contribution is -2.25. The standard InChI is InChI=1S/C24H25F3N6OS/c1-32(2)9-4-10-33(3)20-8-7-18(24(25,26)27)12-19(20)31-22(34)21-11-16(15-35-21)5-6-17-13-29-23(28)30-14-17/h7-8,11-15H,4,9-10H2,1-3H3,(H,31,34)(H2,28,29,30). The summed E-state index contributed by atoms with van der Waals surface area (Å²) in [6.45, 7) is 1.44. The number of alkyl halides is 3. The van der Waals surface area contributed by atoms with Crippen LogP contribution >= 0.6 is 11.3 Å². The maximum absolute atomic E-state index is 13.3. The van der Waals surface area contributed by atoms with Gasteiger partial charge in [-0.25, -0.2) is 9.97 Å². The molecule has 0 aliphatic carbocycles. The van der Waals surface area contributed by atoms with Gasteiger partial charge in [0.2, 0.25) is 5.95 Å². The molecule has 3 N–H and O–H groups in total. The summed E-state index contributed by atoms with van der Waals surface area (Å²) in [7, 11) is 5.69. The summed E-state index contributed by atoms with van der Waals surface area (Å²) in [5.74, 6) is 5.41. The highest BCUT2D eigenvalue weighted by Crippen LogP contribution is 2.35. The number of nitrogens with two attached hydrogens (primary N) is 1. The topological polar surface area (TPSA) is 87.4 Å². The van der Waals surface area contributed by atoms with E-state index in [1.807, 2.05) is 23.9 Å². The molecule has 0 spiro atoms. The van der Waals surface area contributed by atoms with Gasteiger partial charge in [0, 0.05) is 36.9 Å². The van der Waals surface area contributed by atoms with E-state index in [4.69, 9.17) is 5.73 Å². The summed E-state index contributed by atoms with van der Waals surface area (Å²) >= 11 is 1.15. The molecule has 1 aromatic carbocycles. The van der Waals surface area contributed by atoms with Crippen molar-refractivity contribution in [2.45, 2.75) is 12.6 Å². The Kier molecular flexibility index (Phi) is 8.32. The van der Waals surface area contributed by atoms with Gasteiger partial charge in [-0.1, -0.05) is 11.8 Å². The van der Waals surface area contributed by atoms with Gasteiger partial charge in [0.05, 0.1) is 27.4 Å². The third-order valence-electron chi connectivity index (χ3n) is 4.93. The first kappa shape index (κ1) is 26.0. The highest BCUT2D eigenvalue weighted by atomic mass is 32.1. The van der Waals surface area contributed by atoms with E-state index < -0.39 is 17.6 Å².